The SMILES string of the molecule is N#Cc1cc2c(nc1Oc1cccc(CO)c1)CCCC2. The zero-order valence-corrected chi connectivity index (χ0v) is 11.7. The minimum atomic E-state index is -0.0417. The Morgan fingerprint density at radius 3 is 2.90 bits per heavy atom. The van der Waals surface area contributed by atoms with Gasteiger partial charge in [-0.05, 0) is 55.0 Å². The fourth-order valence-corrected chi connectivity index (χ4v) is 2.59. The van der Waals surface area contributed by atoms with Crippen LogP contribution < -0.4 is 4.74 Å². The average molecular weight is 280 g/mol. The number of aromatic nitrogens is 1. The first-order chi connectivity index (χ1) is 10.3. The molecule has 0 unspecified atom stereocenters. The van der Waals surface area contributed by atoms with E-state index in [1.54, 1.807) is 12.1 Å². The zero-order chi connectivity index (χ0) is 14.7. The van der Waals surface area contributed by atoms with Gasteiger partial charge >= 0.3 is 0 Å². The summed E-state index contributed by atoms with van der Waals surface area (Å²) in [6.07, 6.45) is 4.20. The third-order valence-corrected chi connectivity index (χ3v) is 3.68. The van der Waals surface area contributed by atoms with Crippen molar-refractivity contribution >= 4 is 0 Å². The molecule has 4 nitrogen and oxygen atoms in total. The number of rotatable bonds is 3. The van der Waals surface area contributed by atoms with Crippen LogP contribution in [0, 0.1) is 11.3 Å². The van der Waals surface area contributed by atoms with Crippen LogP contribution in [0.1, 0.15) is 35.2 Å². The quantitative estimate of drug-likeness (QED) is 0.938. The van der Waals surface area contributed by atoms with E-state index in [1.165, 1.54) is 0 Å². The lowest BCUT2D eigenvalue weighted by molar-refractivity contribution is 0.281. The third-order valence-electron chi connectivity index (χ3n) is 3.68. The molecule has 1 aliphatic carbocycles. The van der Waals surface area contributed by atoms with Gasteiger partial charge in [0.15, 0.2) is 0 Å². The summed E-state index contributed by atoms with van der Waals surface area (Å²) < 4.78 is 5.76. The van der Waals surface area contributed by atoms with E-state index in [1.807, 2.05) is 18.2 Å². The molecule has 0 saturated heterocycles. The van der Waals surface area contributed by atoms with E-state index in [-0.39, 0.29) is 6.61 Å². The number of hydrogen-bond donors (Lipinski definition) is 1. The van der Waals surface area contributed by atoms with Crippen LogP contribution in [0.25, 0.3) is 0 Å². The molecule has 0 spiro atoms. The first kappa shape index (κ1) is 13.6. The lowest BCUT2D eigenvalue weighted by Crippen LogP contribution is -2.07. The molecule has 2 aromatic rings. The van der Waals surface area contributed by atoms with Gasteiger partial charge in [0.2, 0.25) is 5.88 Å². The highest BCUT2D eigenvalue weighted by Gasteiger charge is 2.16. The molecule has 21 heavy (non-hydrogen) atoms. The number of fused-ring (bicyclic) bond motifs is 1. The Hall–Kier alpha value is -2.38. The number of aryl methyl sites for hydroxylation is 2. The molecule has 3 rings (SSSR count). The molecule has 1 aromatic heterocycles. The van der Waals surface area contributed by atoms with Crippen LogP contribution in [0.3, 0.4) is 0 Å². The van der Waals surface area contributed by atoms with Gasteiger partial charge in [0.05, 0.1) is 6.61 Å². The average Bonchev–Trinajstić information content (AvgIpc) is 2.54. The van der Waals surface area contributed by atoms with E-state index in [2.05, 4.69) is 11.1 Å². The Balaban J connectivity index is 1.95. The molecule has 0 fully saturated rings. The van der Waals surface area contributed by atoms with Gasteiger partial charge in [-0.25, -0.2) is 4.98 Å². The second-order valence-corrected chi connectivity index (χ2v) is 5.17. The smallest absolute Gasteiger partial charge is 0.237 e. The zero-order valence-electron chi connectivity index (χ0n) is 11.7. The Morgan fingerprint density at radius 1 is 1.24 bits per heavy atom. The van der Waals surface area contributed by atoms with Crippen molar-refractivity contribution < 1.29 is 9.84 Å². The lowest BCUT2D eigenvalue weighted by Gasteiger charge is -2.16. The van der Waals surface area contributed by atoms with Gasteiger partial charge in [0.1, 0.15) is 17.4 Å². The predicted octanol–water partition coefficient (Wildman–Crippen LogP) is 3.12. The molecule has 0 amide bonds. The molecule has 0 bridgehead atoms. The largest absolute Gasteiger partial charge is 0.438 e. The Labute approximate surface area is 123 Å². The lowest BCUT2D eigenvalue weighted by atomic mass is 9.95. The molecule has 1 aliphatic rings. The van der Waals surface area contributed by atoms with Crippen molar-refractivity contribution in [3.63, 3.8) is 0 Å². The predicted molar refractivity (Wildman–Crippen MR) is 78.0 cm³/mol. The maximum Gasteiger partial charge on any atom is 0.237 e. The Bertz CT molecular complexity index is 704. The van der Waals surface area contributed by atoms with Crippen LogP contribution in [0.5, 0.6) is 11.6 Å². The van der Waals surface area contributed by atoms with E-state index < -0.39 is 0 Å². The van der Waals surface area contributed by atoms with E-state index >= 15 is 0 Å². The van der Waals surface area contributed by atoms with Crippen LogP contribution in [-0.4, -0.2) is 10.1 Å². The van der Waals surface area contributed by atoms with Crippen molar-refractivity contribution in [2.45, 2.75) is 32.3 Å². The number of nitriles is 1. The van der Waals surface area contributed by atoms with Gasteiger partial charge in [-0.3, -0.25) is 0 Å². The summed E-state index contributed by atoms with van der Waals surface area (Å²) >= 11 is 0. The maximum atomic E-state index is 9.29. The summed E-state index contributed by atoms with van der Waals surface area (Å²) in [6, 6.07) is 11.2. The van der Waals surface area contributed by atoms with Gasteiger partial charge in [-0.1, -0.05) is 12.1 Å². The summed E-state index contributed by atoms with van der Waals surface area (Å²) in [5.41, 5.74) is 3.43. The van der Waals surface area contributed by atoms with Crippen molar-refractivity contribution in [1.29, 1.82) is 5.26 Å². The topological polar surface area (TPSA) is 66.1 Å². The number of benzene rings is 1. The molecule has 0 aliphatic heterocycles. The number of aliphatic hydroxyl groups is 1. The highest BCUT2D eigenvalue weighted by Crippen LogP contribution is 2.29. The molecule has 0 atom stereocenters. The monoisotopic (exact) mass is 280 g/mol. The van der Waals surface area contributed by atoms with Gasteiger partial charge in [-0.15, -0.1) is 0 Å². The molecule has 1 N–H and O–H groups in total. The third kappa shape index (κ3) is 2.88. The standard InChI is InChI=1S/C17H16N2O2/c18-10-14-9-13-5-1-2-7-16(13)19-17(14)21-15-6-3-4-12(8-15)11-20/h3-4,6,8-9,20H,1-2,5,7,11H2. The summed E-state index contributed by atoms with van der Waals surface area (Å²) in [7, 11) is 0. The van der Waals surface area contributed by atoms with Crippen molar-refractivity contribution in [3.05, 3.63) is 52.7 Å². The maximum absolute atomic E-state index is 9.29. The summed E-state index contributed by atoms with van der Waals surface area (Å²) in [6.45, 7) is -0.0417. The van der Waals surface area contributed by atoms with Crippen molar-refractivity contribution in [2.24, 2.45) is 0 Å². The summed E-state index contributed by atoms with van der Waals surface area (Å²) in [5.74, 6) is 0.939. The highest BCUT2D eigenvalue weighted by atomic mass is 16.5. The van der Waals surface area contributed by atoms with Crippen molar-refractivity contribution in [3.8, 4) is 17.7 Å². The van der Waals surface area contributed by atoms with E-state index in [0.29, 0.717) is 17.2 Å². The van der Waals surface area contributed by atoms with Crippen LogP contribution in [0.4, 0.5) is 0 Å². The van der Waals surface area contributed by atoms with Crippen LogP contribution in [0.15, 0.2) is 30.3 Å². The normalized spacial score (nSPS) is 13.3. The fraction of sp³-hybridized carbons (Fsp3) is 0.294. The molecule has 0 saturated carbocycles. The van der Waals surface area contributed by atoms with Crippen LogP contribution >= 0.6 is 0 Å². The Kier molecular flexibility index (Phi) is 3.85. The van der Waals surface area contributed by atoms with Gasteiger partial charge in [-0.2, -0.15) is 5.26 Å². The first-order valence-corrected chi connectivity index (χ1v) is 7.10. The second kappa shape index (κ2) is 5.94. The van der Waals surface area contributed by atoms with Gasteiger partial charge < -0.3 is 9.84 Å². The molecular weight excluding hydrogens is 264 g/mol. The Morgan fingerprint density at radius 2 is 2.10 bits per heavy atom. The molecular formula is C17H16N2O2. The number of hydrogen-bond acceptors (Lipinski definition) is 4. The number of nitrogens with zero attached hydrogens (tertiary/aromatic N) is 2. The van der Waals surface area contributed by atoms with E-state index in [9.17, 15) is 5.26 Å². The second-order valence-electron chi connectivity index (χ2n) is 5.17. The minimum Gasteiger partial charge on any atom is -0.438 e. The summed E-state index contributed by atoms with van der Waals surface area (Å²) in [4.78, 5) is 4.53. The molecule has 1 heterocycles. The molecule has 106 valence electrons. The summed E-state index contributed by atoms with van der Waals surface area (Å²) in [5, 5.41) is 18.5. The molecule has 0 radical (unpaired) electrons. The van der Waals surface area contributed by atoms with E-state index in [0.717, 1.165) is 42.5 Å². The van der Waals surface area contributed by atoms with Crippen molar-refractivity contribution in [2.75, 3.05) is 0 Å². The van der Waals surface area contributed by atoms with Crippen molar-refractivity contribution in [1.82, 2.24) is 4.98 Å². The van der Waals surface area contributed by atoms with Crippen LogP contribution in [-0.2, 0) is 19.4 Å². The van der Waals surface area contributed by atoms with Crippen LogP contribution in [0.2, 0.25) is 0 Å². The number of ether oxygens (including phenoxy) is 1. The first-order valence-electron chi connectivity index (χ1n) is 7.10. The molecule has 1 aromatic carbocycles. The van der Waals surface area contributed by atoms with E-state index in [4.69, 9.17) is 9.84 Å². The number of pyridine rings is 1. The highest BCUT2D eigenvalue weighted by molar-refractivity contribution is 5.45. The van der Waals surface area contributed by atoms with Gasteiger partial charge in [0.25, 0.3) is 0 Å². The van der Waals surface area contributed by atoms with Gasteiger partial charge in [0, 0.05) is 5.69 Å². The number of aliphatic hydroxyl groups excluding tert-OH is 1. The molecule has 4 heteroatoms. The fourth-order valence-electron chi connectivity index (χ4n) is 2.59. The minimum absolute atomic E-state index is 0.0417.